The fourth-order valence-electron chi connectivity index (χ4n) is 2.51. The lowest BCUT2D eigenvalue weighted by Crippen LogP contribution is -2.44. The molecule has 0 aromatic carbocycles. The highest BCUT2D eigenvalue weighted by molar-refractivity contribution is 9.09. The summed E-state index contributed by atoms with van der Waals surface area (Å²) in [7, 11) is 0. The summed E-state index contributed by atoms with van der Waals surface area (Å²) in [5, 5.41) is 27.8. The molecule has 15 nitrogen and oxygen atoms in total. The lowest BCUT2D eigenvalue weighted by molar-refractivity contribution is -0.143. The SMILES string of the molecule is O=C(O)CCCC(=O)NCCOCCOCC(=O)NCCC(NC(=O)COCCNC(=O)CBr)C(=O)O. The number of halogens is 1. The molecular formula is C21H35BrN4O11. The molecule has 1 atom stereocenters. The Balaban J connectivity index is 3.80. The van der Waals surface area contributed by atoms with Crippen molar-refractivity contribution in [1.82, 2.24) is 21.3 Å². The summed E-state index contributed by atoms with van der Waals surface area (Å²) in [6, 6.07) is -1.23. The zero-order valence-corrected chi connectivity index (χ0v) is 22.0. The van der Waals surface area contributed by atoms with Crippen molar-refractivity contribution >= 4 is 51.5 Å². The summed E-state index contributed by atoms with van der Waals surface area (Å²) in [4.78, 5) is 67.8. The quantitative estimate of drug-likeness (QED) is 0.0557. The highest BCUT2D eigenvalue weighted by Gasteiger charge is 2.20. The van der Waals surface area contributed by atoms with Crippen LogP contribution in [0.2, 0.25) is 0 Å². The van der Waals surface area contributed by atoms with Crippen molar-refractivity contribution in [2.45, 2.75) is 31.7 Å². The van der Waals surface area contributed by atoms with Gasteiger partial charge in [-0.1, -0.05) is 15.9 Å². The van der Waals surface area contributed by atoms with Crippen LogP contribution >= 0.6 is 15.9 Å². The molecule has 37 heavy (non-hydrogen) atoms. The van der Waals surface area contributed by atoms with Gasteiger partial charge < -0.3 is 45.7 Å². The molecule has 16 heteroatoms. The number of carboxylic acid groups (broad SMARTS) is 2. The van der Waals surface area contributed by atoms with Crippen LogP contribution in [0, 0.1) is 0 Å². The Hall–Kier alpha value is -2.82. The number of carbonyl (C=O) groups excluding carboxylic acids is 4. The van der Waals surface area contributed by atoms with E-state index in [1.54, 1.807) is 0 Å². The second-order valence-corrected chi connectivity index (χ2v) is 7.96. The van der Waals surface area contributed by atoms with Crippen molar-refractivity contribution in [2.24, 2.45) is 0 Å². The molecule has 0 saturated heterocycles. The van der Waals surface area contributed by atoms with Gasteiger partial charge in [-0.15, -0.1) is 0 Å². The zero-order chi connectivity index (χ0) is 27.9. The molecule has 212 valence electrons. The number of alkyl halides is 1. The number of nitrogens with one attached hydrogen (secondary N) is 4. The standard InChI is InChI=1S/C21H35BrN4O11/c22-12-17(28)25-7-9-36-14-19(30)26-15(21(33)34)4-5-23-18(29)13-37-11-10-35-8-6-24-16(27)2-1-3-20(31)32/h15H,1-14H2,(H,23,29)(H,24,27)(H,25,28)(H,26,30)(H,31,32)(H,33,34). The number of carboxylic acids is 2. The summed E-state index contributed by atoms with van der Waals surface area (Å²) in [6.45, 7) is 0.405. The lowest BCUT2D eigenvalue weighted by Gasteiger charge is -2.15. The average Bonchev–Trinajstić information content (AvgIpc) is 2.84. The van der Waals surface area contributed by atoms with Gasteiger partial charge in [-0.25, -0.2) is 4.79 Å². The molecule has 0 radical (unpaired) electrons. The molecule has 0 aromatic heterocycles. The van der Waals surface area contributed by atoms with Crippen molar-refractivity contribution in [3.05, 3.63) is 0 Å². The number of carbonyl (C=O) groups is 6. The van der Waals surface area contributed by atoms with Crippen LogP contribution in [-0.4, -0.2) is 116 Å². The first-order chi connectivity index (χ1) is 17.6. The summed E-state index contributed by atoms with van der Waals surface area (Å²) in [5.41, 5.74) is 0. The van der Waals surface area contributed by atoms with E-state index in [1.165, 1.54) is 0 Å². The van der Waals surface area contributed by atoms with Crippen LogP contribution in [0.25, 0.3) is 0 Å². The first-order valence-corrected chi connectivity index (χ1v) is 12.6. The monoisotopic (exact) mass is 598 g/mol. The Morgan fingerprint density at radius 2 is 1.24 bits per heavy atom. The van der Waals surface area contributed by atoms with E-state index in [-0.39, 0.29) is 102 Å². The van der Waals surface area contributed by atoms with Gasteiger partial charge in [-0.05, 0) is 12.8 Å². The van der Waals surface area contributed by atoms with E-state index in [2.05, 4.69) is 37.2 Å². The van der Waals surface area contributed by atoms with Gasteiger partial charge in [0.1, 0.15) is 19.3 Å². The maximum atomic E-state index is 11.8. The fourth-order valence-corrected chi connectivity index (χ4v) is 2.71. The molecule has 0 aromatic rings. The molecule has 0 bridgehead atoms. The molecule has 0 saturated carbocycles. The molecule has 0 rings (SSSR count). The Morgan fingerprint density at radius 1 is 0.676 bits per heavy atom. The summed E-state index contributed by atoms with van der Waals surface area (Å²) < 4.78 is 15.4. The minimum absolute atomic E-state index is 0.0124. The lowest BCUT2D eigenvalue weighted by atomic mass is 10.2. The number of hydrogen-bond acceptors (Lipinski definition) is 9. The smallest absolute Gasteiger partial charge is 0.326 e. The van der Waals surface area contributed by atoms with Gasteiger partial charge in [0.2, 0.25) is 23.6 Å². The molecule has 0 aliphatic heterocycles. The minimum atomic E-state index is -1.27. The largest absolute Gasteiger partial charge is 0.481 e. The molecule has 0 aliphatic carbocycles. The first kappa shape index (κ1) is 34.2. The normalized spacial score (nSPS) is 11.3. The summed E-state index contributed by atoms with van der Waals surface area (Å²) in [5.74, 6) is -3.83. The van der Waals surface area contributed by atoms with Crippen LogP contribution in [-0.2, 0) is 43.0 Å². The van der Waals surface area contributed by atoms with Crippen molar-refractivity contribution in [3.8, 4) is 0 Å². The van der Waals surface area contributed by atoms with Gasteiger partial charge in [0.15, 0.2) is 0 Å². The third-order valence-electron chi connectivity index (χ3n) is 4.28. The highest BCUT2D eigenvalue weighted by atomic mass is 79.9. The van der Waals surface area contributed by atoms with Crippen molar-refractivity contribution in [3.63, 3.8) is 0 Å². The van der Waals surface area contributed by atoms with E-state index in [0.717, 1.165) is 0 Å². The van der Waals surface area contributed by atoms with Gasteiger partial charge in [0.25, 0.3) is 0 Å². The maximum absolute atomic E-state index is 11.8. The van der Waals surface area contributed by atoms with E-state index >= 15 is 0 Å². The molecule has 0 fully saturated rings. The zero-order valence-electron chi connectivity index (χ0n) is 20.4. The third-order valence-corrected chi connectivity index (χ3v) is 4.79. The van der Waals surface area contributed by atoms with E-state index in [9.17, 15) is 33.9 Å². The Labute approximate surface area is 222 Å². The predicted molar refractivity (Wildman–Crippen MR) is 131 cm³/mol. The van der Waals surface area contributed by atoms with Crippen LogP contribution in [0.1, 0.15) is 25.7 Å². The van der Waals surface area contributed by atoms with Gasteiger partial charge in [0.05, 0.1) is 31.8 Å². The molecule has 6 N–H and O–H groups in total. The van der Waals surface area contributed by atoms with E-state index < -0.39 is 29.8 Å². The number of aliphatic carboxylic acids is 2. The molecular weight excluding hydrogens is 564 g/mol. The molecule has 4 amide bonds. The average molecular weight is 599 g/mol. The number of amides is 4. The summed E-state index contributed by atoms with van der Waals surface area (Å²) >= 11 is 2.98. The van der Waals surface area contributed by atoms with Gasteiger partial charge in [-0.3, -0.25) is 24.0 Å². The minimum Gasteiger partial charge on any atom is -0.481 e. The van der Waals surface area contributed by atoms with Crippen LogP contribution < -0.4 is 21.3 Å². The van der Waals surface area contributed by atoms with Gasteiger partial charge in [0, 0.05) is 32.5 Å². The predicted octanol–water partition coefficient (Wildman–Crippen LogP) is -2.01. The number of rotatable bonds is 23. The van der Waals surface area contributed by atoms with Crippen molar-refractivity contribution < 1.29 is 53.2 Å². The van der Waals surface area contributed by atoms with E-state index in [4.69, 9.17) is 19.3 Å². The molecule has 1 unspecified atom stereocenters. The van der Waals surface area contributed by atoms with Gasteiger partial charge in [-0.2, -0.15) is 0 Å². The Morgan fingerprint density at radius 3 is 1.89 bits per heavy atom. The maximum Gasteiger partial charge on any atom is 0.326 e. The molecule has 0 spiro atoms. The van der Waals surface area contributed by atoms with Crippen LogP contribution in [0.5, 0.6) is 0 Å². The molecule has 0 heterocycles. The van der Waals surface area contributed by atoms with Crippen molar-refractivity contribution in [1.29, 1.82) is 0 Å². The van der Waals surface area contributed by atoms with Crippen molar-refractivity contribution in [2.75, 3.05) is 64.6 Å². The van der Waals surface area contributed by atoms with Crippen LogP contribution in [0.4, 0.5) is 0 Å². The second kappa shape index (κ2) is 22.4. The second-order valence-electron chi connectivity index (χ2n) is 7.40. The first-order valence-electron chi connectivity index (χ1n) is 11.5. The van der Waals surface area contributed by atoms with Crippen LogP contribution in [0.15, 0.2) is 0 Å². The topological polar surface area (TPSA) is 219 Å². The highest BCUT2D eigenvalue weighted by Crippen LogP contribution is 1.95. The summed E-state index contributed by atoms with van der Waals surface area (Å²) in [6.07, 6.45) is 0.264. The van der Waals surface area contributed by atoms with Crippen LogP contribution in [0.3, 0.4) is 0 Å². The van der Waals surface area contributed by atoms with E-state index in [1.807, 2.05) is 0 Å². The third kappa shape index (κ3) is 22.1. The Kier molecular flexibility index (Phi) is 20.7. The van der Waals surface area contributed by atoms with E-state index in [0.29, 0.717) is 0 Å². The fraction of sp³-hybridized carbons (Fsp3) is 0.714. The number of ether oxygens (including phenoxy) is 3. The Bertz CT molecular complexity index is 739. The number of hydrogen-bond donors (Lipinski definition) is 6. The molecule has 0 aliphatic rings. The van der Waals surface area contributed by atoms with Gasteiger partial charge >= 0.3 is 11.9 Å².